The van der Waals surface area contributed by atoms with E-state index in [9.17, 15) is 4.79 Å². The molecule has 82 valence electrons. The number of hydrogen-bond acceptors (Lipinski definition) is 1. The summed E-state index contributed by atoms with van der Waals surface area (Å²) in [4.78, 5) is 11.5. The van der Waals surface area contributed by atoms with Gasteiger partial charge in [-0.15, -0.1) is 0 Å². The highest BCUT2D eigenvalue weighted by molar-refractivity contribution is 5.81. The van der Waals surface area contributed by atoms with E-state index in [0.29, 0.717) is 5.78 Å². The highest BCUT2D eigenvalue weighted by atomic mass is 16.1. The zero-order valence-electron chi connectivity index (χ0n) is 9.92. The van der Waals surface area contributed by atoms with Crippen LogP contribution in [0.4, 0.5) is 0 Å². The van der Waals surface area contributed by atoms with Crippen LogP contribution in [-0.4, -0.2) is 5.78 Å². The van der Waals surface area contributed by atoms with Crippen LogP contribution in [0, 0.1) is 5.41 Å². The number of rotatable bonds is 5. The molecule has 1 nitrogen and oxygen atoms in total. The van der Waals surface area contributed by atoms with E-state index in [0.717, 1.165) is 19.3 Å². The zero-order chi connectivity index (χ0) is 11.3. The molecule has 0 bridgehead atoms. The lowest BCUT2D eigenvalue weighted by atomic mass is 9.78. The summed E-state index contributed by atoms with van der Waals surface area (Å²) < 4.78 is 0. The van der Waals surface area contributed by atoms with Gasteiger partial charge in [-0.25, -0.2) is 0 Å². The minimum atomic E-state index is -0.143. The lowest BCUT2D eigenvalue weighted by Crippen LogP contribution is -2.25. The number of benzene rings is 1. The molecule has 0 aliphatic carbocycles. The fourth-order valence-electron chi connectivity index (χ4n) is 1.67. The van der Waals surface area contributed by atoms with Crippen molar-refractivity contribution in [1.82, 2.24) is 0 Å². The first kappa shape index (κ1) is 12.0. The molecule has 0 amide bonds. The van der Waals surface area contributed by atoms with Crippen LogP contribution >= 0.6 is 0 Å². The fourth-order valence-corrected chi connectivity index (χ4v) is 1.67. The first-order valence-corrected chi connectivity index (χ1v) is 5.63. The van der Waals surface area contributed by atoms with Crippen LogP contribution in [0.2, 0.25) is 0 Å². The number of hydrogen-bond donors (Lipinski definition) is 0. The summed E-state index contributed by atoms with van der Waals surface area (Å²) in [5, 5.41) is 0. The minimum Gasteiger partial charge on any atom is -0.299 e. The van der Waals surface area contributed by atoms with Gasteiger partial charge in [0.1, 0.15) is 5.78 Å². The van der Waals surface area contributed by atoms with Crippen LogP contribution < -0.4 is 0 Å². The maximum absolute atomic E-state index is 11.5. The standard InChI is InChI=1S/C14H20O/c1-4-14(3,12(2)15)11-10-13-8-6-5-7-9-13/h5-9H,4,10-11H2,1-3H3. The van der Waals surface area contributed by atoms with Crippen LogP contribution in [0.3, 0.4) is 0 Å². The van der Waals surface area contributed by atoms with E-state index >= 15 is 0 Å². The molecule has 1 aromatic carbocycles. The first-order chi connectivity index (χ1) is 7.08. The summed E-state index contributed by atoms with van der Waals surface area (Å²) in [6.45, 7) is 5.86. The highest BCUT2D eigenvalue weighted by Crippen LogP contribution is 2.28. The van der Waals surface area contributed by atoms with Gasteiger partial charge in [-0.3, -0.25) is 4.79 Å². The molecule has 0 heterocycles. The second-order valence-corrected chi connectivity index (χ2v) is 4.46. The molecule has 1 unspecified atom stereocenters. The first-order valence-electron chi connectivity index (χ1n) is 5.63. The smallest absolute Gasteiger partial charge is 0.135 e. The lowest BCUT2D eigenvalue weighted by molar-refractivity contribution is -0.126. The summed E-state index contributed by atoms with van der Waals surface area (Å²) in [6, 6.07) is 10.4. The van der Waals surface area contributed by atoms with Crippen molar-refractivity contribution in [2.24, 2.45) is 5.41 Å². The van der Waals surface area contributed by atoms with Gasteiger partial charge >= 0.3 is 0 Å². The molecule has 0 saturated heterocycles. The lowest BCUT2D eigenvalue weighted by Gasteiger charge is -2.24. The molecule has 0 aliphatic rings. The van der Waals surface area contributed by atoms with Gasteiger partial charge in [-0.05, 0) is 31.7 Å². The van der Waals surface area contributed by atoms with Gasteiger partial charge in [-0.1, -0.05) is 44.2 Å². The molecule has 0 radical (unpaired) electrons. The third-order valence-electron chi connectivity index (χ3n) is 3.44. The van der Waals surface area contributed by atoms with E-state index in [-0.39, 0.29) is 5.41 Å². The number of aryl methyl sites for hydroxylation is 1. The Morgan fingerprint density at radius 3 is 2.33 bits per heavy atom. The summed E-state index contributed by atoms with van der Waals surface area (Å²) in [5.74, 6) is 0.306. The Balaban J connectivity index is 2.59. The molecule has 0 fully saturated rings. The average Bonchev–Trinajstić information content (AvgIpc) is 2.27. The summed E-state index contributed by atoms with van der Waals surface area (Å²) in [6.07, 6.45) is 2.86. The second-order valence-electron chi connectivity index (χ2n) is 4.46. The fraction of sp³-hybridized carbons (Fsp3) is 0.500. The number of ketones is 1. The molecule has 1 aromatic rings. The average molecular weight is 204 g/mol. The van der Waals surface area contributed by atoms with Crippen LogP contribution in [0.25, 0.3) is 0 Å². The van der Waals surface area contributed by atoms with Gasteiger partial charge in [0.25, 0.3) is 0 Å². The molecule has 1 heteroatoms. The van der Waals surface area contributed by atoms with Crippen LogP contribution in [0.1, 0.15) is 39.2 Å². The minimum absolute atomic E-state index is 0.143. The molecule has 0 aromatic heterocycles. The van der Waals surface area contributed by atoms with Crippen LogP contribution in [-0.2, 0) is 11.2 Å². The van der Waals surface area contributed by atoms with Crippen molar-refractivity contribution in [2.75, 3.05) is 0 Å². The van der Waals surface area contributed by atoms with Crippen LogP contribution in [0.5, 0.6) is 0 Å². The Bertz CT molecular complexity index is 315. The van der Waals surface area contributed by atoms with Gasteiger partial charge in [-0.2, -0.15) is 0 Å². The Morgan fingerprint density at radius 2 is 1.87 bits per heavy atom. The third kappa shape index (κ3) is 3.19. The molecule has 0 N–H and O–H groups in total. The van der Waals surface area contributed by atoms with Crippen molar-refractivity contribution in [3.63, 3.8) is 0 Å². The number of carbonyl (C=O) groups is 1. The van der Waals surface area contributed by atoms with Crippen molar-refractivity contribution in [2.45, 2.75) is 40.0 Å². The van der Waals surface area contributed by atoms with Gasteiger partial charge in [0.05, 0.1) is 0 Å². The summed E-state index contributed by atoms with van der Waals surface area (Å²) in [7, 11) is 0. The van der Waals surface area contributed by atoms with E-state index < -0.39 is 0 Å². The second kappa shape index (κ2) is 5.11. The Labute approximate surface area is 92.5 Å². The quantitative estimate of drug-likeness (QED) is 0.716. The zero-order valence-corrected chi connectivity index (χ0v) is 9.92. The molecule has 0 spiro atoms. The van der Waals surface area contributed by atoms with E-state index in [2.05, 4.69) is 26.0 Å². The predicted octanol–water partition coefficient (Wildman–Crippen LogP) is 3.62. The van der Waals surface area contributed by atoms with Crippen molar-refractivity contribution >= 4 is 5.78 Å². The predicted molar refractivity (Wildman–Crippen MR) is 63.8 cm³/mol. The van der Waals surface area contributed by atoms with Crippen molar-refractivity contribution in [3.8, 4) is 0 Å². The monoisotopic (exact) mass is 204 g/mol. The summed E-state index contributed by atoms with van der Waals surface area (Å²) >= 11 is 0. The van der Waals surface area contributed by atoms with Gasteiger partial charge in [0.2, 0.25) is 0 Å². The molecule has 1 atom stereocenters. The SMILES string of the molecule is CCC(C)(CCc1ccccc1)C(C)=O. The van der Waals surface area contributed by atoms with Crippen molar-refractivity contribution in [3.05, 3.63) is 35.9 Å². The van der Waals surface area contributed by atoms with Crippen LogP contribution in [0.15, 0.2) is 30.3 Å². The maximum Gasteiger partial charge on any atom is 0.135 e. The van der Waals surface area contributed by atoms with Crippen molar-refractivity contribution in [1.29, 1.82) is 0 Å². The molecule has 0 aliphatic heterocycles. The number of Topliss-reactive ketones (excluding diaryl/α,β-unsaturated/α-hetero) is 1. The molecule has 1 rings (SSSR count). The Morgan fingerprint density at radius 1 is 1.27 bits per heavy atom. The van der Waals surface area contributed by atoms with Gasteiger partial charge < -0.3 is 0 Å². The van der Waals surface area contributed by atoms with Gasteiger partial charge in [0, 0.05) is 5.41 Å². The van der Waals surface area contributed by atoms with Gasteiger partial charge in [0.15, 0.2) is 0 Å². The third-order valence-corrected chi connectivity index (χ3v) is 3.44. The normalized spacial score (nSPS) is 14.6. The molecule has 0 saturated carbocycles. The number of carbonyl (C=O) groups excluding carboxylic acids is 1. The van der Waals surface area contributed by atoms with E-state index in [1.807, 2.05) is 18.2 Å². The molecular weight excluding hydrogens is 184 g/mol. The van der Waals surface area contributed by atoms with E-state index in [1.165, 1.54) is 5.56 Å². The van der Waals surface area contributed by atoms with Crippen molar-refractivity contribution < 1.29 is 4.79 Å². The van der Waals surface area contributed by atoms with E-state index in [1.54, 1.807) is 6.92 Å². The highest BCUT2D eigenvalue weighted by Gasteiger charge is 2.26. The Kier molecular flexibility index (Phi) is 4.07. The Hall–Kier alpha value is -1.11. The largest absolute Gasteiger partial charge is 0.299 e. The molecule has 15 heavy (non-hydrogen) atoms. The topological polar surface area (TPSA) is 17.1 Å². The molecular formula is C14H20O. The van der Waals surface area contributed by atoms with E-state index in [4.69, 9.17) is 0 Å². The maximum atomic E-state index is 11.5. The summed E-state index contributed by atoms with van der Waals surface area (Å²) in [5.41, 5.74) is 1.17.